The number of thiazole rings is 1. The molecule has 3 nitrogen and oxygen atoms in total. The fraction of sp³-hybridized carbons (Fsp3) is 0.833. The SMILES string of the molecule is c1nc(C2CCC2)sc1CN1CC2(CCOCC2)C1C1CC1. The molecule has 0 bridgehead atoms. The Morgan fingerprint density at radius 3 is 2.73 bits per heavy atom. The molecule has 5 rings (SSSR count). The largest absolute Gasteiger partial charge is 0.381 e. The second-order valence-electron chi connectivity index (χ2n) is 7.95. The fourth-order valence-electron chi connectivity index (χ4n) is 4.91. The minimum atomic E-state index is 0.598. The molecule has 1 aromatic heterocycles. The molecule has 1 spiro atoms. The van der Waals surface area contributed by atoms with Crippen molar-refractivity contribution in [1.82, 2.24) is 9.88 Å². The van der Waals surface area contributed by atoms with Crippen LogP contribution in [0.25, 0.3) is 0 Å². The van der Waals surface area contributed by atoms with Gasteiger partial charge in [-0.3, -0.25) is 4.90 Å². The van der Waals surface area contributed by atoms with Gasteiger partial charge < -0.3 is 4.74 Å². The summed E-state index contributed by atoms with van der Waals surface area (Å²) in [6.07, 6.45) is 11.8. The summed E-state index contributed by atoms with van der Waals surface area (Å²) in [6, 6.07) is 0.839. The van der Waals surface area contributed by atoms with E-state index in [9.17, 15) is 0 Å². The first-order valence-electron chi connectivity index (χ1n) is 9.10. The molecule has 1 unspecified atom stereocenters. The lowest BCUT2D eigenvalue weighted by atomic mass is 9.64. The zero-order valence-corrected chi connectivity index (χ0v) is 14.1. The molecule has 120 valence electrons. The van der Waals surface area contributed by atoms with Gasteiger partial charge in [0.15, 0.2) is 0 Å². The van der Waals surface area contributed by atoms with Crippen molar-refractivity contribution < 1.29 is 4.74 Å². The van der Waals surface area contributed by atoms with Crippen LogP contribution >= 0.6 is 11.3 Å². The molecule has 3 heterocycles. The molecule has 1 aromatic rings. The zero-order chi connectivity index (χ0) is 14.6. The highest BCUT2D eigenvalue weighted by Crippen LogP contribution is 2.55. The van der Waals surface area contributed by atoms with Gasteiger partial charge in [-0.25, -0.2) is 4.98 Å². The van der Waals surface area contributed by atoms with Crippen LogP contribution in [0.1, 0.15) is 60.7 Å². The predicted octanol–water partition coefficient (Wildman–Crippen LogP) is 3.80. The number of ether oxygens (including phenoxy) is 1. The molecule has 0 N–H and O–H groups in total. The minimum Gasteiger partial charge on any atom is -0.381 e. The van der Waals surface area contributed by atoms with Crippen molar-refractivity contribution in [3.05, 3.63) is 16.1 Å². The Bertz CT molecular complexity index is 543. The summed E-state index contributed by atoms with van der Waals surface area (Å²) in [6.45, 7) is 4.43. The van der Waals surface area contributed by atoms with Crippen molar-refractivity contribution in [2.24, 2.45) is 11.3 Å². The maximum Gasteiger partial charge on any atom is 0.0959 e. The highest BCUT2D eigenvalue weighted by molar-refractivity contribution is 7.11. The van der Waals surface area contributed by atoms with Crippen molar-refractivity contribution in [3.63, 3.8) is 0 Å². The highest BCUT2D eigenvalue weighted by atomic mass is 32.1. The fourth-order valence-corrected chi connectivity index (χ4v) is 6.02. The summed E-state index contributed by atoms with van der Waals surface area (Å²) in [7, 11) is 0. The molecule has 4 fully saturated rings. The van der Waals surface area contributed by atoms with Gasteiger partial charge in [0.05, 0.1) is 5.01 Å². The van der Waals surface area contributed by atoms with Crippen LogP contribution in [-0.2, 0) is 11.3 Å². The summed E-state index contributed by atoms with van der Waals surface area (Å²) in [5, 5.41) is 1.41. The summed E-state index contributed by atoms with van der Waals surface area (Å²) in [4.78, 5) is 8.97. The van der Waals surface area contributed by atoms with E-state index < -0.39 is 0 Å². The van der Waals surface area contributed by atoms with Gasteiger partial charge in [-0.1, -0.05) is 6.42 Å². The third kappa shape index (κ3) is 2.26. The average Bonchev–Trinajstić information content (AvgIpc) is 3.16. The Labute approximate surface area is 137 Å². The molecule has 4 aliphatic rings. The Hall–Kier alpha value is -0.450. The van der Waals surface area contributed by atoms with E-state index in [-0.39, 0.29) is 0 Å². The van der Waals surface area contributed by atoms with Gasteiger partial charge in [-0.2, -0.15) is 0 Å². The molecular weight excluding hydrogens is 292 g/mol. The van der Waals surface area contributed by atoms with Gasteiger partial charge in [0, 0.05) is 54.8 Å². The maximum absolute atomic E-state index is 5.62. The highest BCUT2D eigenvalue weighted by Gasteiger charge is 2.57. The second-order valence-corrected chi connectivity index (χ2v) is 9.10. The summed E-state index contributed by atoms with van der Waals surface area (Å²) < 4.78 is 5.62. The summed E-state index contributed by atoms with van der Waals surface area (Å²) in [5.74, 6) is 1.77. The van der Waals surface area contributed by atoms with Crippen LogP contribution in [0.5, 0.6) is 0 Å². The lowest BCUT2D eigenvalue weighted by molar-refractivity contribution is -0.143. The smallest absolute Gasteiger partial charge is 0.0959 e. The first kappa shape index (κ1) is 13.9. The monoisotopic (exact) mass is 318 g/mol. The lowest BCUT2D eigenvalue weighted by Crippen LogP contribution is -2.66. The van der Waals surface area contributed by atoms with Crippen LogP contribution in [0.4, 0.5) is 0 Å². The van der Waals surface area contributed by atoms with Gasteiger partial charge in [0.1, 0.15) is 0 Å². The molecule has 1 atom stereocenters. The van der Waals surface area contributed by atoms with E-state index in [4.69, 9.17) is 9.72 Å². The van der Waals surface area contributed by atoms with E-state index in [0.717, 1.165) is 37.6 Å². The molecule has 0 aromatic carbocycles. The number of rotatable bonds is 4. The minimum absolute atomic E-state index is 0.598. The van der Waals surface area contributed by atoms with Crippen molar-refractivity contribution >= 4 is 11.3 Å². The van der Waals surface area contributed by atoms with Crippen LogP contribution in [-0.4, -0.2) is 35.7 Å². The molecule has 0 amide bonds. The van der Waals surface area contributed by atoms with Gasteiger partial charge in [0.25, 0.3) is 0 Å². The first-order chi connectivity index (χ1) is 10.8. The lowest BCUT2D eigenvalue weighted by Gasteiger charge is -2.60. The normalized spacial score (nSPS) is 31.9. The number of hydrogen-bond acceptors (Lipinski definition) is 4. The quantitative estimate of drug-likeness (QED) is 0.844. The van der Waals surface area contributed by atoms with Crippen molar-refractivity contribution in [1.29, 1.82) is 0 Å². The number of likely N-dealkylation sites (tertiary alicyclic amines) is 1. The first-order valence-corrected chi connectivity index (χ1v) is 9.92. The molecule has 0 radical (unpaired) electrons. The Morgan fingerprint density at radius 2 is 2.05 bits per heavy atom. The van der Waals surface area contributed by atoms with Gasteiger partial charge in [0.2, 0.25) is 0 Å². The summed E-state index contributed by atoms with van der Waals surface area (Å²) in [5.41, 5.74) is 0.598. The van der Waals surface area contributed by atoms with E-state index >= 15 is 0 Å². The van der Waals surface area contributed by atoms with Gasteiger partial charge in [-0.05, 0) is 44.4 Å². The predicted molar refractivity (Wildman–Crippen MR) is 88.1 cm³/mol. The molecule has 2 aliphatic carbocycles. The third-order valence-corrected chi connectivity index (χ3v) is 7.63. The molecular formula is C18H26N2OS. The van der Waals surface area contributed by atoms with E-state index in [1.807, 2.05) is 11.3 Å². The van der Waals surface area contributed by atoms with Crippen molar-refractivity contribution in [2.45, 2.75) is 63.5 Å². The van der Waals surface area contributed by atoms with E-state index in [1.165, 1.54) is 61.4 Å². The Balaban J connectivity index is 1.28. The van der Waals surface area contributed by atoms with E-state index in [2.05, 4.69) is 11.1 Å². The van der Waals surface area contributed by atoms with Crippen LogP contribution in [0.3, 0.4) is 0 Å². The van der Waals surface area contributed by atoms with Gasteiger partial charge >= 0.3 is 0 Å². The van der Waals surface area contributed by atoms with Crippen LogP contribution in [0, 0.1) is 11.3 Å². The maximum atomic E-state index is 5.62. The average molecular weight is 318 g/mol. The number of aromatic nitrogens is 1. The van der Waals surface area contributed by atoms with Crippen molar-refractivity contribution in [2.75, 3.05) is 19.8 Å². The Kier molecular flexibility index (Phi) is 3.35. The van der Waals surface area contributed by atoms with Crippen LogP contribution in [0.15, 0.2) is 6.20 Å². The zero-order valence-electron chi connectivity index (χ0n) is 13.3. The number of hydrogen-bond donors (Lipinski definition) is 0. The third-order valence-electron chi connectivity index (χ3n) is 6.48. The van der Waals surface area contributed by atoms with Crippen molar-refractivity contribution in [3.8, 4) is 0 Å². The summed E-state index contributed by atoms with van der Waals surface area (Å²) >= 11 is 1.99. The van der Waals surface area contributed by atoms with E-state index in [1.54, 1.807) is 0 Å². The molecule has 2 saturated carbocycles. The number of nitrogens with zero attached hydrogens (tertiary/aromatic N) is 2. The van der Waals surface area contributed by atoms with Crippen LogP contribution in [0.2, 0.25) is 0 Å². The second kappa shape index (κ2) is 5.29. The molecule has 2 aliphatic heterocycles. The molecule has 2 saturated heterocycles. The Morgan fingerprint density at radius 1 is 1.23 bits per heavy atom. The van der Waals surface area contributed by atoms with E-state index in [0.29, 0.717) is 5.41 Å². The van der Waals surface area contributed by atoms with Gasteiger partial charge in [-0.15, -0.1) is 11.3 Å². The molecule has 4 heteroatoms. The topological polar surface area (TPSA) is 25.4 Å². The molecule has 22 heavy (non-hydrogen) atoms. The van der Waals surface area contributed by atoms with Crippen LogP contribution < -0.4 is 0 Å². The standard InChI is InChI=1S/C18H26N2OS/c1-2-14(3-1)17-19-10-15(22-17)11-20-12-18(6-8-21-9-7-18)16(20)13-4-5-13/h10,13-14,16H,1-9,11-12H2.